The lowest BCUT2D eigenvalue weighted by molar-refractivity contribution is 0.450. The molecule has 0 aliphatic carbocycles. The van der Waals surface area contributed by atoms with Crippen LogP contribution in [0, 0.1) is 18.3 Å². The predicted octanol–water partition coefficient (Wildman–Crippen LogP) is 2.81. The van der Waals surface area contributed by atoms with E-state index in [9.17, 15) is 0 Å². The van der Waals surface area contributed by atoms with Gasteiger partial charge in [-0.15, -0.1) is 12.3 Å². The number of rotatable bonds is 7. The van der Waals surface area contributed by atoms with Gasteiger partial charge in [-0.3, -0.25) is 0 Å². The van der Waals surface area contributed by atoms with Crippen molar-refractivity contribution in [1.29, 1.82) is 0 Å². The van der Waals surface area contributed by atoms with E-state index in [1.165, 1.54) is 12.8 Å². The summed E-state index contributed by atoms with van der Waals surface area (Å²) in [6.07, 6.45) is 9.74. The molecule has 0 bridgehead atoms. The zero-order chi connectivity index (χ0) is 10.1. The molecular weight excluding hydrogens is 158 g/mol. The van der Waals surface area contributed by atoms with Gasteiger partial charge in [0.1, 0.15) is 0 Å². The number of terminal acetylenes is 1. The Morgan fingerprint density at radius 2 is 1.92 bits per heavy atom. The monoisotopic (exact) mass is 181 g/mol. The molecule has 1 unspecified atom stereocenters. The second-order valence-corrected chi connectivity index (χ2v) is 4.13. The first-order valence-corrected chi connectivity index (χ1v) is 5.33. The summed E-state index contributed by atoms with van der Waals surface area (Å²) < 4.78 is 0. The molecule has 0 rings (SSSR count). The van der Waals surface area contributed by atoms with Crippen molar-refractivity contribution < 1.29 is 0 Å². The average Bonchev–Trinajstić information content (AvgIpc) is 2.09. The Kier molecular flexibility index (Phi) is 7.83. The molecule has 0 aromatic rings. The number of unbranched alkanes of at least 4 members (excludes halogenated alkanes) is 1. The van der Waals surface area contributed by atoms with Gasteiger partial charge < -0.3 is 5.32 Å². The van der Waals surface area contributed by atoms with Crippen molar-refractivity contribution in [2.45, 2.75) is 52.5 Å². The van der Waals surface area contributed by atoms with Gasteiger partial charge in [-0.2, -0.15) is 0 Å². The van der Waals surface area contributed by atoms with E-state index in [2.05, 4.69) is 32.0 Å². The van der Waals surface area contributed by atoms with Gasteiger partial charge in [0.15, 0.2) is 0 Å². The second-order valence-electron chi connectivity index (χ2n) is 4.13. The first-order chi connectivity index (χ1) is 6.16. The molecule has 0 saturated carbocycles. The molecule has 0 aromatic heterocycles. The van der Waals surface area contributed by atoms with Crippen LogP contribution in [0.1, 0.15) is 46.5 Å². The van der Waals surface area contributed by atoms with Crippen LogP contribution in [0.15, 0.2) is 0 Å². The van der Waals surface area contributed by atoms with Crippen LogP contribution in [0.2, 0.25) is 0 Å². The summed E-state index contributed by atoms with van der Waals surface area (Å²) in [6, 6.07) is 0.639. The van der Waals surface area contributed by atoms with Crippen molar-refractivity contribution in [1.82, 2.24) is 5.32 Å². The third-order valence-corrected chi connectivity index (χ3v) is 2.17. The lowest BCUT2D eigenvalue weighted by atomic mass is 10.0. The van der Waals surface area contributed by atoms with E-state index < -0.39 is 0 Å². The SMILES string of the molecule is C#CCCCNC(C)CCC(C)C. The fourth-order valence-electron chi connectivity index (χ4n) is 1.22. The van der Waals surface area contributed by atoms with Gasteiger partial charge in [0, 0.05) is 12.5 Å². The van der Waals surface area contributed by atoms with Gasteiger partial charge in [-0.05, 0) is 38.6 Å². The summed E-state index contributed by atoms with van der Waals surface area (Å²) in [4.78, 5) is 0. The quantitative estimate of drug-likeness (QED) is 0.470. The van der Waals surface area contributed by atoms with Crippen molar-refractivity contribution in [2.24, 2.45) is 5.92 Å². The molecule has 0 fully saturated rings. The maximum atomic E-state index is 5.17. The molecule has 0 radical (unpaired) electrons. The maximum absolute atomic E-state index is 5.17. The molecule has 13 heavy (non-hydrogen) atoms. The molecule has 1 atom stereocenters. The Hall–Kier alpha value is -0.480. The summed E-state index contributed by atoms with van der Waals surface area (Å²) in [5.74, 6) is 3.47. The molecule has 0 saturated heterocycles. The lowest BCUT2D eigenvalue weighted by Crippen LogP contribution is -2.27. The molecule has 0 heterocycles. The van der Waals surface area contributed by atoms with Gasteiger partial charge in [0.25, 0.3) is 0 Å². The largest absolute Gasteiger partial charge is 0.314 e. The minimum atomic E-state index is 0.639. The fraction of sp³-hybridized carbons (Fsp3) is 0.833. The third-order valence-electron chi connectivity index (χ3n) is 2.17. The Bertz CT molecular complexity index is 144. The van der Waals surface area contributed by atoms with Crippen LogP contribution in [0.25, 0.3) is 0 Å². The van der Waals surface area contributed by atoms with Crippen LogP contribution in [0.5, 0.6) is 0 Å². The summed E-state index contributed by atoms with van der Waals surface area (Å²) >= 11 is 0. The molecule has 0 aliphatic heterocycles. The van der Waals surface area contributed by atoms with Crippen molar-refractivity contribution in [3.05, 3.63) is 0 Å². The topological polar surface area (TPSA) is 12.0 Å². The van der Waals surface area contributed by atoms with Gasteiger partial charge in [0.2, 0.25) is 0 Å². The van der Waals surface area contributed by atoms with E-state index in [0.717, 1.165) is 25.3 Å². The van der Waals surface area contributed by atoms with Gasteiger partial charge in [0.05, 0.1) is 0 Å². The first-order valence-electron chi connectivity index (χ1n) is 5.33. The molecule has 0 aliphatic rings. The minimum Gasteiger partial charge on any atom is -0.314 e. The summed E-state index contributed by atoms with van der Waals surface area (Å²) in [5.41, 5.74) is 0. The highest BCUT2D eigenvalue weighted by Crippen LogP contribution is 2.06. The molecule has 1 heteroatoms. The van der Waals surface area contributed by atoms with Crippen LogP contribution in [-0.2, 0) is 0 Å². The number of hydrogen-bond donors (Lipinski definition) is 1. The van der Waals surface area contributed by atoms with Gasteiger partial charge >= 0.3 is 0 Å². The Morgan fingerprint density at radius 3 is 2.46 bits per heavy atom. The van der Waals surface area contributed by atoms with Crippen molar-refractivity contribution in [3.63, 3.8) is 0 Å². The number of nitrogens with one attached hydrogen (secondary N) is 1. The van der Waals surface area contributed by atoms with E-state index >= 15 is 0 Å². The van der Waals surface area contributed by atoms with Crippen molar-refractivity contribution in [3.8, 4) is 12.3 Å². The van der Waals surface area contributed by atoms with Gasteiger partial charge in [-0.25, -0.2) is 0 Å². The predicted molar refractivity (Wildman–Crippen MR) is 59.6 cm³/mol. The van der Waals surface area contributed by atoms with Crippen LogP contribution in [0.3, 0.4) is 0 Å². The van der Waals surface area contributed by atoms with Crippen LogP contribution < -0.4 is 5.32 Å². The van der Waals surface area contributed by atoms with Crippen LogP contribution in [-0.4, -0.2) is 12.6 Å². The normalized spacial score (nSPS) is 12.8. The van der Waals surface area contributed by atoms with Crippen molar-refractivity contribution in [2.75, 3.05) is 6.54 Å². The Balaban J connectivity index is 3.21. The van der Waals surface area contributed by atoms with Crippen LogP contribution >= 0.6 is 0 Å². The highest BCUT2D eigenvalue weighted by atomic mass is 14.9. The van der Waals surface area contributed by atoms with E-state index in [4.69, 9.17) is 6.42 Å². The third kappa shape index (κ3) is 9.43. The highest BCUT2D eigenvalue weighted by Gasteiger charge is 2.01. The maximum Gasteiger partial charge on any atom is 0.00981 e. The average molecular weight is 181 g/mol. The molecule has 1 N–H and O–H groups in total. The summed E-state index contributed by atoms with van der Waals surface area (Å²) in [5, 5.41) is 3.48. The Morgan fingerprint density at radius 1 is 1.23 bits per heavy atom. The van der Waals surface area contributed by atoms with Crippen molar-refractivity contribution >= 4 is 0 Å². The standard InChI is InChI=1S/C12H23N/c1-5-6-7-10-13-12(4)9-8-11(2)3/h1,11-13H,6-10H2,2-4H3. The zero-order valence-corrected chi connectivity index (χ0v) is 9.27. The molecular formula is C12H23N. The number of hydrogen-bond acceptors (Lipinski definition) is 1. The zero-order valence-electron chi connectivity index (χ0n) is 9.27. The molecule has 0 amide bonds. The van der Waals surface area contributed by atoms with E-state index in [0.29, 0.717) is 6.04 Å². The van der Waals surface area contributed by atoms with E-state index in [1.54, 1.807) is 0 Å². The van der Waals surface area contributed by atoms with E-state index in [1.807, 2.05) is 0 Å². The molecule has 0 aromatic carbocycles. The second kappa shape index (κ2) is 8.13. The molecule has 0 spiro atoms. The van der Waals surface area contributed by atoms with Crippen LogP contribution in [0.4, 0.5) is 0 Å². The molecule has 76 valence electrons. The minimum absolute atomic E-state index is 0.639. The van der Waals surface area contributed by atoms with E-state index in [-0.39, 0.29) is 0 Å². The smallest absolute Gasteiger partial charge is 0.00981 e. The summed E-state index contributed by atoms with van der Waals surface area (Å²) in [6.45, 7) is 7.85. The molecule has 1 nitrogen and oxygen atoms in total. The fourth-order valence-corrected chi connectivity index (χ4v) is 1.22. The first kappa shape index (κ1) is 12.5. The summed E-state index contributed by atoms with van der Waals surface area (Å²) in [7, 11) is 0. The van der Waals surface area contributed by atoms with Gasteiger partial charge in [-0.1, -0.05) is 13.8 Å². The lowest BCUT2D eigenvalue weighted by Gasteiger charge is -2.14. The Labute approximate surface area is 83.3 Å². The highest BCUT2D eigenvalue weighted by molar-refractivity contribution is 4.83.